The van der Waals surface area contributed by atoms with Crippen molar-refractivity contribution < 1.29 is 18.0 Å². The normalized spacial score (nSPS) is 13.7. The van der Waals surface area contributed by atoms with Gasteiger partial charge in [-0.1, -0.05) is 32.0 Å². The number of sulfonamides is 1. The smallest absolute Gasteiger partial charge is 0.261 e. The maximum absolute atomic E-state index is 13.0. The molecule has 3 rings (SSSR count). The molecule has 8 heteroatoms. The van der Waals surface area contributed by atoms with E-state index in [0.29, 0.717) is 12.1 Å². The van der Waals surface area contributed by atoms with Gasteiger partial charge in [0.2, 0.25) is 10.0 Å². The number of nitrogens with zero attached hydrogens (tertiary/aromatic N) is 3. The predicted octanol–water partition coefficient (Wildman–Crippen LogP) is 4.01. The summed E-state index contributed by atoms with van der Waals surface area (Å²) in [6.45, 7) is 8.13. The third-order valence-electron chi connectivity index (χ3n) is 6.15. The number of hydrogen-bond donors (Lipinski definition) is 0. The number of benzene rings is 2. The molecule has 0 saturated heterocycles. The van der Waals surface area contributed by atoms with E-state index in [1.807, 2.05) is 12.1 Å². The van der Waals surface area contributed by atoms with Crippen molar-refractivity contribution in [1.29, 1.82) is 0 Å². The molecule has 0 spiro atoms. The number of hydrogen-bond acceptors (Lipinski definition) is 5. The summed E-state index contributed by atoms with van der Waals surface area (Å²) in [7, 11) is -2.06. The molecule has 2 aromatic carbocycles. The summed E-state index contributed by atoms with van der Waals surface area (Å²) in [4.78, 5) is 29.2. The average molecular weight is 486 g/mol. The van der Waals surface area contributed by atoms with E-state index in [4.69, 9.17) is 0 Å². The maximum atomic E-state index is 13.0. The van der Waals surface area contributed by atoms with Crippen LogP contribution >= 0.6 is 0 Å². The van der Waals surface area contributed by atoms with Gasteiger partial charge in [0.1, 0.15) is 0 Å². The van der Waals surface area contributed by atoms with Gasteiger partial charge in [0, 0.05) is 24.7 Å². The minimum Gasteiger partial charge on any atom is -0.303 e. The van der Waals surface area contributed by atoms with Crippen LogP contribution in [0, 0.1) is 0 Å². The Kier molecular flexibility index (Phi) is 8.99. The van der Waals surface area contributed by atoms with E-state index in [1.54, 1.807) is 19.2 Å². The molecule has 2 aromatic rings. The Morgan fingerprint density at radius 1 is 0.912 bits per heavy atom. The zero-order valence-corrected chi connectivity index (χ0v) is 21.2. The van der Waals surface area contributed by atoms with Gasteiger partial charge in [-0.2, -0.15) is 0 Å². The molecule has 0 saturated carbocycles. The van der Waals surface area contributed by atoms with Crippen LogP contribution in [0.2, 0.25) is 0 Å². The second-order valence-electron chi connectivity index (χ2n) is 8.75. The maximum Gasteiger partial charge on any atom is 0.261 e. The minimum atomic E-state index is -3.65. The summed E-state index contributed by atoms with van der Waals surface area (Å²) in [5.74, 6) is -0.754. The molecule has 0 aliphatic carbocycles. The Labute approximate surface area is 203 Å². The van der Waals surface area contributed by atoms with E-state index in [2.05, 4.69) is 18.7 Å². The van der Waals surface area contributed by atoms with E-state index >= 15 is 0 Å². The van der Waals surface area contributed by atoms with E-state index in [1.165, 1.54) is 33.5 Å². The van der Waals surface area contributed by atoms with Crippen molar-refractivity contribution in [3.8, 4) is 0 Å². The number of carbonyl (C=O) groups is 2. The molecule has 0 radical (unpaired) electrons. The van der Waals surface area contributed by atoms with Crippen molar-refractivity contribution in [2.75, 3.05) is 33.2 Å². The summed E-state index contributed by atoms with van der Waals surface area (Å²) in [6, 6.07) is 13.0. The molecule has 184 valence electrons. The highest BCUT2D eigenvalue weighted by Gasteiger charge is 2.32. The standard InChI is InChI=1S/C26H35N3O4S/c1-4-16-28(17-5-2)19-9-8-18-27(3)34(32,33)23-14-12-21(13-15-23)25(30)29-20-22-10-6-7-11-24(22)26(29)31/h6-7,10-15H,4-5,8-9,16-20H2,1-3H3. The van der Waals surface area contributed by atoms with Gasteiger partial charge in [-0.15, -0.1) is 0 Å². The van der Waals surface area contributed by atoms with Gasteiger partial charge in [-0.25, -0.2) is 12.7 Å². The van der Waals surface area contributed by atoms with Gasteiger partial charge in [0.05, 0.1) is 11.4 Å². The van der Waals surface area contributed by atoms with Crippen LogP contribution in [0.3, 0.4) is 0 Å². The molecular formula is C26H35N3O4S. The third-order valence-corrected chi connectivity index (χ3v) is 8.02. The molecule has 7 nitrogen and oxygen atoms in total. The summed E-state index contributed by atoms with van der Waals surface area (Å²) >= 11 is 0. The van der Waals surface area contributed by atoms with Crippen LogP contribution in [0.15, 0.2) is 53.4 Å². The van der Waals surface area contributed by atoms with Crippen molar-refractivity contribution in [2.24, 2.45) is 0 Å². The lowest BCUT2D eigenvalue weighted by molar-refractivity contribution is 0.0631. The molecule has 0 fully saturated rings. The molecule has 1 heterocycles. The Balaban J connectivity index is 1.58. The lowest BCUT2D eigenvalue weighted by atomic mass is 10.1. The average Bonchev–Trinajstić information content (AvgIpc) is 3.18. The van der Waals surface area contributed by atoms with E-state index in [9.17, 15) is 18.0 Å². The third kappa shape index (κ3) is 5.92. The highest BCUT2D eigenvalue weighted by molar-refractivity contribution is 7.89. The van der Waals surface area contributed by atoms with Crippen LogP contribution < -0.4 is 0 Å². The minimum absolute atomic E-state index is 0.140. The van der Waals surface area contributed by atoms with E-state index in [0.717, 1.165) is 50.9 Å². The van der Waals surface area contributed by atoms with Crippen LogP contribution in [0.4, 0.5) is 0 Å². The van der Waals surface area contributed by atoms with Gasteiger partial charge >= 0.3 is 0 Å². The molecule has 34 heavy (non-hydrogen) atoms. The second kappa shape index (κ2) is 11.7. The number of imide groups is 1. The lowest BCUT2D eigenvalue weighted by Crippen LogP contribution is -2.31. The Bertz CT molecular complexity index is 1090. The fourth-order valence-corrected chi connectivity index (χ4v) is 5.49. The fraction of sp³-hybridized carbons (Fsp3) is 0.462. The number of rotatable bonds is 12. The number of carbonyl (C=O) groups excluding carboxylic acids is 2. The Hall–Kier alpha value is -2.55. The van der Waals surface area contributed by atoms with Crippen LogP contribution in [-0.4, -0.2) is 67.6 Å². The first kappa shape index (κ1) is 26.1. The monoisotopic (exact) mass is 485 g/mol. The van der Waals surface area contributed by atoms with Gasteiger partial charge in [0.25, 0.3) is 11.8 Å². The molecular weight excluding hydrogens is 450 g/mol. The van der Waals surface area contributed by atoms with Crippen LogP contribution in [0.25, 0.3) is 0 Å². The van der Waals surface area contributed by atoms with Gasteiger partial charge in [0.15, 0.2) is 0 Å². The van der Waals surface area contributed by atoms with Crippen molar-refractivity contribution >= 4 is 21.8 Å². The quantitative estimate of drug-likeness (QED) is 0.335. The van der Waals surface area contributed by atoms with Crippen molar-refractivity contribution in [1.82, 2.24) is 14.1 Å². The summed E-state index contributed by atoms with van der Waals surface area (Å²) in [6.07, 6.45) is 3.96. The second-order valence-corrected chi connectivity index (χ2v) is 10.8. The van der Waals surface area contributed by atoms with Gasteiger partial charge in [-0.3, -0.25) is 14.5 Å². The zero-order chi connectivity index (χ0) is 24.7. The number of unbranched alkanes of at least 4 members (excludes halogenated alkanes) is 1. The van der Waals surface area contributed by atoms with E-state index < -0.39 is 15.9 Å². The highest BCUT2D eigenvalue weighted by atomic mass is 32.2. The van der Waals surface area contributed by atoms with Crippen LogP contribution in [0.5, 0.6) is 0 Å². The highest BCUT2D eigenvalue weighted by Crippen LogP contribution is 2.25. The topological polar surface area (TPSA) is 78.0 Å². The lowest BCUT2D eigenvalue weighted by Gasteiger charge is -2.22. The van der Waals surface area contributed by atoms with Crippen LogP contribution in [0.1, 0.15) is 65.8 Å². The molecule has 0 bridgehead atoms. The summed E-state index contributed by atoms with van der Waals surface area (Å²) in [5, 5.41) is 0. The molecule has 1 aliphatic rings. The first-order valence-electron chi connectivity index (χ1n) is 12.0. The van der Waals surface area contributed by atoms with Crippen molar-refractivity contribution in [3.05, 3.63) is 65.2 Å². The van der Waals surface area contributed by atoms with Crippen LogP contribution in [-0.2, 0) is 16.6 Å². The fourth-order valence-electron chi connectivity index (χ4n) is 4.28. The number of amides is 2. The SMILES string of the molecule is CCCN(CCC)CCCCN(C)S(=O)(=O)c1ccc(C(=O)N2Cc3ccccc3C2=O)cc1. The molecule has 2 amide bonds. The molecule has 0 unspecified atom stereocenters. The van der Waals surface area contributed by atoms with Gasteiger partial charge in [-0.05, 0) is 81.2 Å². The first-order valence-corrected chi connectivity index (χ1v) is 13.5. The zero-order valence-electron chi connectivity index (χ0n) is 20.4. The van der Waals surface area contributed by atoms with E-state index in [-0.39, 0.29) is 22.9 Å². The largest absolute Gasteiger partial charge is 0.303 e. The molecule has 0 aromatic heterocycles. The molecule has 0 N–H and O–H groups in total. The Morgan fingerprint density at radius 3 is 2.15 bits per heavy atom. The first-order chi connectivity index (χ1) is 16.3. The van der Waals surface area contributed by atoms with Crippen molar-refractivity contribution in [2.45, 2.75) is 51.0 Å². The predicted molar refractivity (Wildman–Crippen MR) is 133 cm³/mol. The molecule has 0 atom stereocenters. The summed E-state index contributed by atoms with van der Waals surface area (Å²) < 4.78 is 27.3. The Morgan fingerprint density at radius 2 is 1.53 bits per heavy atom. The molecule has 1 aliphatic heterocycles. The summed E-state index contributed by atoms with van der Waals surface area (Å²) in [5.41, 5.74) is 1.63. The van der Waals surface area contributed by atoms with Crippen molar-refractivity contribution in [3.63, 3.8) is 0 Å². The van der Waals surface area contributed by atoms with Gasteiger partial charge < -0.3 is 4.90 Å². The number of fused-ring (bicyclic) bond motifs is 1.